The van der Waals surface area contributed by atoms with Crippen molar-refractivity contribution in [2.75, 3.05) is 6.16 Å². The lowest BCUT2D eigenvalue weighted by atomic mass is 10.4. The Morgan fingerprint density at radius 3 is 1.60 bits per heavy atom. The number of hydrogen-bond donors (Lipinski definition) is 1. The molecule has 2 aromatic carbocycles. The van der Waals surface area contributed by atoms with Crippen LogP contribution in [0, 0.1) is 0 Å². The van der Waals surface area contributed by atoms with Gasteiger partial charge in [-0.1, -0.05) is 74.0 Å². The number of carbonyl (C=O) groups is 1. The minimum absolute atomic E-state index is 0.151. The van der Waals surface area contributed by atoms with Crippen molar-refractivity contribution in [3.05, 3.63) is 60.7 Å². The molecule has 106 valence electrons. The molecule has 0 saturated carbocycles. The number of benzene rings is 2. The molecule has 0 aromatic heterocycles. The van der Waals surface area contributed by atoms with Crippen LogP contribution in [0.2, 0.25) is 0 Å². The minimum Gasteiger partial charge on any atom is -0.481 e. The molecule has 0 unspecified atom stereocenters. The van der Waals surface area contributed by atoms with E-state index in [-0.39, 0.29) is 7.92 Å². The number of carboxylic acid groups (broad SMARTS) is 1. The predicted octanol–water partition coefficient (Wildman–Crippen LogP) is 3.62. The molecule has 0 aliphatic rings. The van der Waals surface area contributed by atoms with Crippen molar-refractivity contribution in [3.8, 4) is 0 Å². The molecule has 0 heterocycles. The third kappa shape index (κ3) is 5.99. The Morgan fingerprint density at radius 1 is 0.950 bits per heavy atom. The SMILES string of the molecule is CC(=O)O.CCCP(c1ccccc1)c1ccccc1. The summed E-state index contributed by atoms with van der Waals surface area (Å²) in [6.45, 7) is 3.35. The second kappa shape index (κ2) is 9.28. The lowest BCUT2D eigenvalue weighted by Crippen LogP contribution is -2.13. The summed E-state index contributed by atoms with van der Waals surface area (Å²) in [7, 11) is -0.151. The van der Waals surface area contributed by atoms with Crippen molar-refractivity contribution in [3.63, 3.8) is 0 Å². The van der Waals surface area contributed by atoms with Crippen molar-refractivity contribution >= 4 is 24.5 Å². The lowest BCUT2D eigenvalue weighted by molar-refractivity contribution is -0.134. The van der Waals surface area contributed by atoms with Crippen LogP contribution in [-0.4, -0.2) is 17.2 Å². The normalized spacial score (nSPS) is 9.75. The number of rotatable bonds is 4. The first kappa shape index (κ1) is 16.4. The third-order valence-corrected chi connectivity index (χ3v) is 5.32. The number of aliphatic carboxylic acids is 1. The molecule has 20 heavy (non-hydrogen) atoms. The first-order valence-electron chi connectivity index (χ1n) is 6.72. The maximum Gasteiger partial charge on any atom is 0.300 e. The number of hydrogen-bond acceptors (Lipinski definition) is 1. The molecule has 2 nitrogen and oxygen atoms in total. The molecule has 0 atom stereocenters. The standard InChI is InChI=1S/C15H17P.C2H4O2/c1-2-13-16(14-9-5-3-6-10-14)15-11-7-4-8-12-15;1-2(3)4/h3-12H,2,13H2,1H3;1H3,(H,3,4). The van der Waals surface area contributed by atoms with Crippen molar-refractivity contribution in [1.82, 2.24) is 0 Å². The minimum atomic E-state index is -0.833. The zero-order chi connectivity index (χ0) is 14.8. The Balaban J connectivity index is 0.000000444. The van der Waals surface area contributed by atoms with E-state index in [2.05, 4.69) is 67.6 Å². The Bertz CT molecular complexity index is 453. The zero-order valence-electron chi connectivity index (χ0n) is 12.0. The molecule has 3 heteroatoms. The lowest BCUT2D eigenvalue weighted by Gasteiger charge is -2.17. The van der Waals surface area contributed by atoms with Crippen molar-refractivity contribution in [1.29, 1.82) is 0 Å². The Hall–Kier alpha value is -1.66. The smallest absolute Gasteiger partial charge is 0.300 e. The molecule has 0 saturated heterocycles. The first-order valence-corrected chi connectivity index (χ1v) is 8.25. The van der Waals surface area contributed by atoms with Crippen LogP contribution in [-0.2, 0) is 4.79 Å². The molecule has 2 rings (SSSR count). The maximum absolute atomic E-state index is 9.00. The largest absolute Gasteiger partial charge is 0.481 e. The van der Waals surface area contributed by atoms with Crippen LogP contribution < -0.4 is 10.6 Å². The highest BCUT2D eigenvalue weighted by atomic mass is 31.1. The summed E-state index contributed by atoms with van der Waals surface area (Å²) < 4.78 is 0. The summed E-state index contributed by atoms with van der Waals surface area (Å²) in [5, 5.41) is 10.4. The summed E-state index contributed by atoms with van der Waals surface area (Å²) in [6, 6.07) is 21.8. The van der Waals surface area contributed by atoms with Gasteiger partial charge in [0, 0.05) is 6.92 Å². The molecule has 2 aromatic rings. The molecule has 0 radical (unpaired) electrons. The fourth-order valence-electron chi connectivity index (χ4n) is 1.85. The van der Waals surface area contributed by atoms with Gasteiger partial charge in [0.2, 0.25) is 0 Å². The predicted molar refractivity (Wildman–Crippen MR) is 87.5 cm³/mol. The molecule has 0 aliphatic heterocycles. The fraction of sp³-hybridized carbons (Fsp3) is 0.235. The molecule has 0 spiro atoms. The van der Waals surface area contributed by atoms with Gasteiger partial charge in [0.05, 0.1) is 0 Å². The van der Waals surface area contributed by atoms with Crippen LogP contribution >= 0.6 is 7.92 Å². The third-order valence-electron chi connectivity index (χ3n) is 2.58. The van der Waals surface area contributed by atoms with Gasteiger partial charge in [-0.15, -0.1) is 0 Å². The van der Waals surface area contributed by atoms with Crippen molar-refractivity contribution in [2.45, 2.75) is 20.3 Å². The van der Waals surface area contributed by atoms with E-state index in [0.29, 0.717) is 0 Å². The fourth-order valence-corrected chi connectivity index (χ4v) is 4.17. The van der Waals surface area contributed by atoms with Gasteiger partial charge in [-0.2, -0.15) is 0 Å². The van der Waals surface area contributed by atoms with E-state index in [4.69, 9.17) is 9.90 Å². The zero-order valence-corrected chi connectivity index (χ0v) is 12.9. The highest BCUT2D eigenvalue weighted by Gasteiger charge is 2.11. The average molecular weight is 288 g/mol. The van der Waals surface area contributed by atoms with Gasteiger partial charge < -0.3 is 5.11 Å². The van der Waals surface area contributed by atoms with Crippen molar-refractivity contribution < 1.29 is 9.90 Å². The topological polar surface area (TPSA) is 37.3 Å². The van der Waals surface area contributed by atoms with Crippen LogP contribution in [0.3, 0.4) is 0 Å². The Morgan fingerprint density at radius 2 is 1.30 bits per heavy atom. The quantitative estimate of drug-likeness (QED) is 0.872. The van der Waals surface area contributed by atoms with E-state index in [9.17, 15) is 0 Å². The van der Waals surface area contributed by atoms with E-state index in [1.807, 2.05) is 0 Å². The summed E-state index contributed by atoms with van der Waals surface area (Å²) in [5.41, 5.74) is 0. The van der Waals surface area contributed by atoms with E-state index in [1.54, 1.807) is 0 Å². The Kier molecular flexibility index (Phi) is 7.60. The number of carboxylic acids is 1. The molecule has 0 fully saturated rings. The second-order valence-electron chi connectivity index (χ2n) is 4.34. The van der Waals surface area contributed by atoms with Gasteiger partial charge in [-0.25, -0.2) is 0 Å². The van der Waals surface area contributed by atoms with Gasteiger partial charge >= 0.3 is 0 Å². The summed E-state index contributed by atoms with van der Waals surface area (Å²) in [6.07, 6.45) is 2.53. The molecule has 0 amide bonds. The maximum atomic E-state index is 9.00. The van der Waals surface area contributed by atoms with Crippen LogP contribution in [0.1, 0.15) is 20.3 Å². The summed E-state index contributed by atoms with van der Waals surface area (Å²) in [4.78, 5) is 9.00. The molecular formula is C17H21O2P. The molecule has 1 N–H and O–H groups in total. The summed E-state index contributed by atoms with van der Waals surface area (Å²) in [5.74, 6) is -0.833. The van der Waals surface area contributed by atoms with Crippen LogP contribution in [0.4, 0.5) is 0 Å². The molecule has 0 aliphatic carbocycles. The molecular weight excluding hydrogens is 267 g/mol. The van der Waals surface area contributed by atoms with Gasteiger partial charge in [-0.05, 0) is 24.7 Å². The van der Waals surface area contributed by atoms with Crippen molar-refractivity contribution in [2.24, 2.45) is 0 Å². The van der Waals surface area contributed by atoms with Gasteiger partial charge in [-0.3, -0.25) is 4.79 Å². The Labute approximate surface area is 122 Å². The van der Waals surface area contributed by atoms with Gasteiger partial charge in [0.1, 0.15) is 0 Å². The highest BCUT2D eigenvalue weighted by Crippen LogP contribution is 2.33. The monoisotopic (exact) mass is 288 g/mol. The van der Waals surface area contributed by atoms with E-state index >= 15 is 0 Å². The van der Waals surface area contributed by atoms with Crippen LogP contribution in [0.5, 0.6) is 0 Å². The summed E-state index contributed by atoms with van der Waals surface area (Å²) >= 11 is 0. The van der Waals surface area contributed by atoms with E-state index in [1.165, 1.54) is 23.2 Å². The van der Waals surface area contributed by atoms with Crippen LogP contribution in [0.15, 0.2) is 60.7 Å². The average Bonchev–Trinajstić information content (AvgIpc) is 2.46. The van der Waals surface area contributed by atoms with Gasteiger partial charge in [0.25, 0.3) is 5.97 Å². The van der Waals surface area contributed by atoms with E-state index < -0.39 is 5.97 Å². The molecule has 0 bridgehead atoms. The second-order valence-corrected chi connectivity index (χ2v) is 6.68. The first-order chi connectivity index (χ1) is 9.65. The highest BCUT2D eigenvalue weighted by molar-refractivity contribution is 7.73. The van der Waals surface area contributed by atoms with E-state index in [0.717, 1.165) is 6.92 Å². The van der Waals surface area contributed by atoms with Crippen LogP contribution in [0.25, 0.3) is 0 Å². The van der Waals surface area contributed by atoms with Gasteiger partial charge in [0.15, 0.2) is 0 Å².